The summed E-state index contributed by atoms with van der Waals surface area (Å²) >= 11 is 1.79. The molecule has 2 fully saturated rings. The number of rotatable bonds is 4. The third-order valence-corrected chi connectivity index (χ3v) is 6.70. The average molecular weight is 376 g/mol. The van der Waals surface area contributed by atoms with Gasteiger partial charge in [0, 0.05) is 36.1 Å². The number of aromatic amines is 1. The molecule has 1 amide bonds. The number of H-pyrrole nitrogens is 1. The van der Waals surface area contributed by atoms with Crippen molar-refractivity contribution >= 4 is 27.5 Å². The van der Waals surface area contributed by atoms with Crippen molar-refractivity contribution in [2.24, 2.45) is 0 Å². The highest BCUT2D eigenvalue weighted by Crippen LogP contribution is 2.32. The topological polar surface area (TPSA) is 57.4 Å². The molecule has 4 rings (SSSR count). The predicted molar refractivity (Wildman–Crippen MR) is 106 cm³/mol. The molecule has 1 saturated heterocycles. The number of carbonyl (C=O) groups excluding carboxylic acids is 1. The fraction of sp³-hybridized carbons (Fsp3) is 0.650. The van der Waals surface area contributed by atoms with Gasteiger partial charge in [-0.3, -0.25) is 9.69 Å². The van der Waals surface area contributed by atoms with Crippen LogP contribution in [0.1, 0.15) is 59.5 Å². The van der Waals surface area contributed by atoms with Crippen LogP contribution >= 0.6 is 11.3 Å². The summed E-state index contributed by atoms with van der Waals surface area (Å²) in [4.78, 5) is 20.2. The number of hydrogen-bond acceptors (Lipinski definition) is 4. The van der Waals surface area contributed by atoms with Crippen LogP contribution in [0.2, 0.25) is 0 Å². The van der Waals surface area contributed by atoms with Crippen LogP contribution in [0.5, 0.6) is 0 Å². The first-order valence-corrected chi connectivity index (χ1v) is 10.7. The maximum atomic E-state index is 13.1. The molecule has 2 N–H and O–H groups in total. The van der Waals surface area contributed by atoms with Crippen molar-refractivity contribution < 1.29 is 9.53 Å². The molecule has 3 heterocycles. The molecule has 1 aliphatic heterocycles. The quantitative estimate of drug-likeness (QED) is 0.799. The second kappa shape index (κ2) is 8.11. The SMILES string of the molecule is Cc1cc2[nH]c(C(=O)NC3CCCCCC3)c(CN3CCOCC3)c2s1. The number of aromatic nitrogens is 1. The maximum Gasteiger partial charge on any atom is 0.268 e. The van der Waals surface area contributed by atoms with E-state index in [1.54, 1.807) is 11.3 Å². The van der Waals surface area contributed by atoms with Crippen molar-refractivity contribution in [1.82, 2.24) is 15.2 Å². The third-order valence-electron chi connectivity index (χ3n) is 5.59. The Morgan fingerprint density at radius 1 is 1.27 bits per heavy atom. The van der Waals surface area contributed by atoms with Gasteiger partial charge in [0.25, 0.3) is 5.91 Å². The minimum Gasteiger partial charge on any atom is -0.379 e. The zero-order chi connectivity index (χ0) is 17.9. The highest BCUT2D eigenvalue weighted by molar-refractivity contribution is 7.19. The summed E-state index contributed by atoms with van der Waals surface area (Å²) in [6.45, 7) is 6.36. The van der Waals surface area contributed by atoms with Gasteiger partial charge in [-0.25, -0.2) is 0 Å². The summed E-state index contributed by atoms with van der Waals surface area (Å²) in [5.41, 5.74) is 3.02. The van der Waals surface area contributed by atoms with E-state index in [0.29, 0.717) is 6.04 Å². The molecule has 26 heavy (non-hydrogen) atoms. The van der Waals surface area contributed by atoms with Crippen LogP contribution in [0.15, 0.2) is 6.07 Å². The van der Waals surface area contributed by atoms with E-state index >= 15 is 0 Å². The van der Waals surface area contributed by atoms with E-state index in [9.17, 15) is 4.79 Å². The summed E-state index contributed by atoms with van der Waals surface area (Å²) in [6.07, 6.45) is 7.27. The molecule has 1 saturated carbocycles. The molecule has 0 unspecified atom stereocenters. The Morgan fingerprint density at radius 2 is 2.00 bits per heavy atom. The Labute approximate surface area is 159 Å². The lowest BCUT2D eigenvalue weighted by molar-refractivity contribution is 0.0342. The number of nitrogens with one attached hydrogen (secondary N) is 2. The van der Waals surface area contributed by atoms with E-state index in [-0.39, 0.29) is 5.91 Å². The lowest BCUT2D eigenvalue weighted by Gasteiger charge is -2.26. The van der Waals surface area contributed by atoms with Gasteiger partial charge in [-0.15, -0.1) is 11.3 Å². The first-order valence-electron chi connectivity index (χ1n) is 9.92. The Bertz CT molecular complexity index is 753. The van der Waals surface area contributed by atoms with Crippen molar-refractivity contribution in [3.05, 3.63) is 22.2 Å². The lowest BCUT2D eigenvalue weighted by atomic mass is 10.1. The van der Waals surface area contributed by atoms with Crippen molar-refractivity contribution in [2.45, 2.75) is 58.0 Å². The Balaban J connectivity index is 1.57. The van der Waals surface area contributed by atoms with Crippen LogP contribution < -0.4 is 5.32 Å². The van der Waals surface area contributed by atoms with Gasteiger partial charge in [-0.2, -0.15) is 0 Å². The summed E-state index contributed by atoms with van der Waals surface area (Å²) < 4.78 is 6.71. The van der Waals surface area contributed by atoms with E-state index in [1.165, 1.54) is 35.3 Å². The first kappa shape index (κ1) is 18.0. The first-order chi connectivity index (χ1) is 12.7. The fourth-order valence-electron chi connectivity index (χ4n) is 4.16. The zero-order valence-electron chi connectivity index (χ0n) is 15.6. The largest absolute Gasteiger partial charge is 0.379 e. The summed E-state index contributed by atoms with van der Waals surface area (Å²) in [6, 6.07) is 2.48. The van der Waals surface area contributed by atoms with Crippen molar-refractivity contribution in [3.63, 3.8) is 0 Å². The Hall–Kier alpha value is -1.37. The van der Waals surface area contributed by atoms with Crippen molar-refractivity contribution in [1.29, 1.82) is 0 Å². The van der Waals surface area contributed by atoms with Crippen molar-refractivity contribution in [2.75, 3.05) is 26.3 Å². The van der Waals surface area contributed by atoms with E-state index in [0.717, 1.165) is 62.5 Å². The van der Waals surface area contributed by atoms with Gasteiger partial charge in [0.2, 0.25) is 0 Å². The van der Waals surface area contributed by atoms with Gasteiger partial charge in [-0.1, -0.05) is 25.7 Å². The van der Waals surface area contributed by atoms with Crippen LogP contribution in [0.25, 0.3) is 10.2 Å². The highest BCUT2D eigenvalue weighted by Gasteiger charge is 2.24. The predicted octanol–water partition coefficient (Wildman–Crippen LogP) is 3.82. The van der Waals surface area contributed by atoms with Gasteiger partial charge in [0.05, 0.1) is 23.4 Å². The number of hydrogen-bond donors (Lipinski definition) is 2. The molecule has 0 radical (unpaired) electrons. The van der Waals surface area contributed by atoms with Crippen LogP contribution in [-0.2, 0) is 11.3 Å². The number of nitrogens with zero attached hydrogens (tertiary/aromatic N) is 1. The minimum atomic E-state index is 0.0706. The highest BCUT2D eigenvalue weighted by atomic mass is 32.1. The number of morpholine rings is 1. The van der Waals surface area contributed by atoms with Crippen LogP contribution in [0, 0.1) is 6.92 Å². The molecular weight excluding hydrogens is 346 g/mol. The number of fused-ring (bicyclic) bond motifs is 1. The van der Waals surface area contributed by atoms with Gasteiger partial charge in [-0.05, 0) is 25.8 Å². The average Bonchev–Trinajstić information content (AvgIpc) is 3.02. The van der Waals surface area contributed by atoms with Crippen LogP contribution in [0.4, 0.5) is 0 Å². The van der Waals surface area contributed by atoms with Gasteiger partial charge in [0.15, 0.2) is 0 Å². The standard InChI is InChI=1S/C20H29N3O2S/c1-14-12-17-19(26-14)16(13-23-8-10-25-11-9-23)18(22-17)20(24)21-15-6-4-2-3-5-7-15/h12,15,22H,2-11,13H2,1H3,(H,21,24). The van der Waals surface area contributed by atoms with Crippen LogP contribution in [-0.4, -0.2) is 48.1 Å². The lowest BCUT2D eigenvalue weighted by Crippen LogP contribution is -2.37. The molecule has 2 aliphatic rings. The summed E-state index contributed by atoms with van der Waals surface area (Å²) in [5.74, 6) is 0.0706. The number of amides is 1. The Kier molecular flexibility index (Phi) is 5.62. The monoisotopic (exact) mass is 375 g/mol. The molecule has 2 aromatic rings. The molecular formula is C20H29N3O2S. The molecule has 0 spiro atoms. The molecule has 2 aromatic heterocycles. The van der Waals surface area contributed by atoms with Crippen molar-refractivity contribution in [3.8, 4) is 0 Å². The summed E-state index contributed by atoms with van der Waals surface area (Å²) in [7, 11) is 0. The Morgan fingerprint density at radius 3 is 2.73 bits per heavy atom. The molecule has 0 atom stereocenters. The van der Waals surface area contributed by atoms with Crippen LogP contribution in [0.3, 0.4) is 0 Å². The number of ether oxygens (including phenoxy) is 1. The van der Waals surface area contributed by atoms with Gasteiger partial charge >= 0.3 is 0 Å². The number of carbonyl (C=O) groups is 1. The fourth-order valence-corrected chi connectivity index (χ4v) is 5.17. The van der Waals surface area contributed by atoms with E-state index in [1.807, 2.05) is 0 Å². The molecule has 6 heteroatoms. The molecule has 0 aromatic carbocycles. The molecule has 142 valence electrons. The van der Waals surface area contributed by atoms with E-state index in [2.05, 4.69) is 28.2 Å². The molecule has 1 aliphatic carbocycles. The van der Waals surface area contributed by atoms with Gasteiger partial charge < -0.3 is 15.0 Å². The minimum absolute atomic E-state index is 0.0706. The molecule has 0 bridgehead atoms. The smallest absolute Gasteiger partial charge is 0.268 e. The maximum absolute atomic E-state index is 13.1. The summed E-state index contributed by atoms with van der Waals surface area (Å²) in [5, 5.41) is 3.31. The van der Waals surface area contributed by atoms with Gasteiger partial charge in [0.1, 0.15) is 5.69 Å². The number of aryl methyl sites for hydroxylation is 1. The third kappa shape index (κ3) is 3.97. The van der Waals surface area contributed by atoms with E-state index < -0.39 is 0 Å². The molecule has 5 nitrogen and oxygen atoms in total. The number of thiophene rings is 1. The zero-order valence-corrected chi connectivity index (χ0v) is 16.4. The second-order valence-corrected chi connectivity index (χ2v) is 8.89. The second-order valence-electron chi connectivity index (χ2n) is 7.63. The van der Waals surface area contributed by atoms with E-state index in [4.69, 9.17) is 4.74 Å². The normalized spacial score (nSPS) is 20.3.